The molecule has 2 N–H and O–H groups in total. The molecule has 0 unspecified atom stereocenters. The van der Waals surface area contributed by atoms with Gasteiger partial charge in [-0.15, -0.1) is 11.3 Å². The largest absolute Gasteiger partial charge is 0.357 e. The van der Waals surface area contributed by atoms with E-state index in [-0.39, 0.29) is 0 Å². The lowest BCUT2D eigenvalue weighted by Gasteiger charge is -2.10. The monoisotopic (exact) mass is 318 g/mol. The van der Waals surface area contributed by atoms with Gasteiger partial charge in [-0.05, 0) is 37.6 Å². The molecule has 6 heteroatoms. The standard InChI is InChI=1S/C15H15ClN4S/c1-8-4-5-12(11(16)6-8)18-13-10-7-9(2)21-14(10)20-15(17-3)19-13/h4-7H,1-3H3,(H2,17,18,19,20). The first-order valence-corrected chi connectivity index (χ1v) is 7.75. The third kappa shape index (κ3) is 2.80. The van der Waals surface area contributed by atoms with E-state index in [1.54, 1.807) is 11.3 Å². The predicted molar refractivity (Wildman–Crippen MR) is 91.2 cm³/mol. The lowest BCUT2D eigenvalue weighted by atomic mass is 10.2. The van der Waals surface area contributed by atoms with E-state index in [0.29, 0.717) is 11.0 Å². The zero-order valence-corrected chi connectivity index (χ0v) is 13.6. The van der Waals surface area contributed by atoms with E-state index in [1.165, 1.54) is 4.88 Å². The van der Waals surface area contributed by atoms with Crippen LogP contribution >= 0.6 is 22.9 Å². The molecule has 3 rings (SSSR count). The number of hydrogen-bond donors (Lipinski definition) is 2. The molecule has 0 spiro atoms. The summed E-state index contributed by atoms with van der Waals surface area (Å²) in [6, 6.07) is 8.00. The molecule has 0 saturated heterocycles. The molecule has 0 aliphatic rings. The molecular weight excluding hydrogens is 304 g/mol. The second-order valence-electron chi connectivity index (χ2n) is 4.83. The van der Waals surface area contributed by atoms with Crippen LogP contribution in [0.1, 0.15) is 10.4 Å². The highest BCUT2D eigenvalue weighted by molar-refractivity contribution is 7.18. The van der Waals surface area contributed by atoms with Crippen molar-refractivity contribution in [3.63, 3.8) is 0 Å². The molecular formula is C15H15ClN4S. The lowest BCUT2D eigenvalue weighted by Crippen LogP contribution is -2.01. The Morgan fingerprint density at radius 2 is 1.95 bits per heavy atom. The first-order valence-electron chi connectivity index (χ1n) is 6.56. The number of fused-ring (bicyclic) bond motifs is 1. The van der Waals surface area contributed by atoms with Crippen LogP contribution in [0.15, 0.2) is 24.3 Å². The predicted octanol–water partition coefficient (Wildman–Crippen LogP) is 4.75. The number of hydrogen-bond acceptors (Lipinski definition) is 5. The van der Waals surface area contributed by atoms with E-state index in [4.69, 9.17) is 11.6 Å². The quantitative estimate of drug-likeness (QED) is 0.732. The number of benzene rings is 1. The molecule has 0 aliphatic carbocycles. The molecule has 0 aliphatic heterocycles. The molecule has 2 heterocycles. The van der Waals surface area contributed by atoms with Gasteiger partial charge in [0.15, 0.2) is 0 Å². The zero-order chi connectivity index (χ0) is 15.0. The Labute approximate surface area is 132 Å². The fraction of sp³-hybridized carbons (Fsp3) is 0.200. The SMILES string of the molecule is CNc1nc(Nc2ccc(C)cc2Cl)c2cc(C)sc2n1. The van der Waals surface area contributed by atoms with Crippen molar-refractivity contribution in [2.75, 3.05) is 17.7 Å². The summed E-state index contributed by atoms with van der Waals surface area (Å²) in [4.78, 5) is 11.1. The molecule has 0 atom stereocenters. The van der Waals surface area contributed by atoms with E-state index < -0.39 is 0 Å². The minimum atomic E-state index is 0.593. The van der Waals surface area contributed by atoms with Crippen LogP contribution in [0.4, 0.5) is 17.5 Å². The number of aryl methyl sites for hydroxylation is 2. The van der Waals surface area contributed by atoms with Crippen molar-refractivity contribution in [1.82, 2.24) is 9.97 Å². The first-order chi connectivity index (χ1) is 10.1. The van der Waals surface area contributed by atoms with Crippen molar-refractivity contribution in [2.24, 2.45) is 0 Å². The Morgan fingerprint density at radius 3 is 2.67 bits per heavy atom. The van der Waals surface area contributed by atoms with Crippen LogP contribution in [-0.2, 0) is 0 Å². The number of thiophene rings is 1. The molecule has 4 nitrogen and oxygen atoms in total. The van der Waals surface area contributed by atoms with Crippen LogP contribution < -0.4 is 10.6 Å². The molecule has 1 aromatic carbocycles. The lowest BCUT2D eigenvalue weighted by molar-refractivity contribution is 1.20. The third-order valence-corrected chi connectivity index (χ3v) is 4.37. The van der Waals surface area contributed by atoms with Gasteiger partial charge in [-0.25, -0.2) is 4.98 Å². The van der Waals surface area contributed by atoms with Gasteiger partial charge in [-0.3, -0.25) is 0 Å². The minimum Gasteiger partial charge on any atom is -0.357 e. The maximum atomic E-state index is 6.29. The highest BCUT2D eigenvalue weighted by atomic mass is 35.5. The maximum Gasteiger partial charge on any atom is 0.225 e. The summed E-state index contributed by atoms with van der Waals surface area (Å²) < 4.78 is 0. The number of anilines is 3. The van der Waals surface area contributed by atoms with Gasteiger partial charge >= 0.3 is 0 Å². The van der Waals surface area contributed by atoms with Gasteiger partial charge in [-0.1, -0.05) is 17.7 Å². The van der Waals surface area contributed by atoms with Gasteiger partial charge in [0, 0.05) is 11.9 Å². The molecule has 0 amide bonds. The summed E-state index contributed by atoms with van der Waals surface area (Å²) in [5.74, 6) is 1.36. The molecule has 0 fully saturated rings. The summed E-state index contributed by atoms with van der Waals surface area (Å²) in [6.45, 7) is 4.08. The first kappa shape index (κ1) is 14.1. The maximum absolute atomic E-state index is 6.29. The van der Waals surface area contributed by atoms with Crippen molar-refractivity contribution < 1.29 is 0 Å². The fourth-order valence-electron chi connectivity index (χ4n) is 2.10. The zero-order valence-electron chi connectivity index (χ0n) is 12.0. The topological polar surface area (TPSA) is 49.8 Å². The number of nitrogens with one attached hydrogen (secondary N) is 2. The average molecular weight is 319 g/mol. The summed E-state index contributed by atoms with van der Waals surface area (Å²) in [6.07, 6.45) is 0. The van der Waals surface area contributed by atoms with Crippen LogP contribution in [0.3, 0.4) is 0 Å². The van der Waals surface area contributed by atoms with Crippen molar-refractivity contribution >= 4 is 50.6 Å². The van der Waals surface area contributed by atoms with Gasteiger partial charge in [0.2, 0.25) is 5.95 Å². The summed E-state index contributed by atoms with van der Waals surface area (Å²) >= 11 is 7.94. The van der Waals surface area contributed by atoms with Crippen LogP contribution in [-0.4, -0.2) is 17.0 Å². The van der Waals surface area contributed by atoms with Crippen molar-refractivity contribution in [3.05, 3.63) is 39.7 Å². The summed E-state index contributed by atoms with van der Waals surface area (Å²) in [5, 5.41) is 7.99. The number of aromatic nitrogens is 2. The van der Waals surface area contributed by atoms with Crippen molar-refractivity contribution in [3.8, 4) is 0 Å². The van der Waals surface area contributed by atoms with Crippen LogP contribution in [0, 0.1) is 13.8 Å². The van der Waals surface area contributed by atoms with Crippen molar-refractivity contribution in [1.29, 1.82) is 0 Å². The normalized spacial score (nSPS) is 10.9. The van der Waals surface area contributed by atoms with Gasteiger partial charge < -0.3 is 10.6 Å². The van der Waals surface area contributed by atoms with E-state index in [1.807, 2.05) is 32.2 Å². The molecule has 0 bridgehead atoms. The third-order valence-electron chi connectivity index (χ3n) is 3.12. The van der Waals surface area contributed by atoms with Gasteiger partial charge in [-0.2, -0.15) is 4.98 Å². The second-order valence-corrected chi connectivity index (χ2v) is 6.47. The van der Waals surface area contributed by atoms with Gasteiger partial charge in [0.1, 0.15) is 10.6 Å². The fourth-order valence-corrected chi connectivity index (χ4v) is 3.26. The molecule has 2 aromatic heterocycles. The number of halogens is 1. The van der Waals surface area contributed by atoms with E-state index >= 15 is 0 Å². The Bertz CT molecular complexity index is 813. The molecule has 3 aromatic rings. The molecule has 108 valence electrons. The average Bonchev–Trinajstić information content (AvgIpc) is 2.82. The molecule has 0 radical (unpaired) electrons. The Morgan fingerprint density at radius 1 is 1.14 bits per heavy atom. The van der Waals surface area contributed by atoms with E-state index in [0.717, 1.165) is 27.3 Å². The van der Waals surface area contributed by atoms with Crippen molar-refractivity contribution in [2.45, 2.75) is 13.8 Å². The summed E-state index contributed by atoms with van der Waals surface area (Å²) in [7, 11) is 1.81. The van der Waals surface area contributed by atoms with Gasteiger partial charge in [0.05, 0.1) is 16.1 Å². The van der Waals surface area contributed by atoms with Crippen LogP contribution in [0.5, 0.6) is 0 Å². The molecule has 21 heavy (non-hydrogen) atoms. The molecule has 0 saturated carbocycles. The van der Waals surface area contributed by atoms with Crippen LogP contribution in [0.25, 0.3) is 10.2 Å². The Kier molecular flexibility index (Phi) is 3.69. The minimum absolute atomic E-state index is 0.593. The van der Waals surface area contributed by atoms with E-state index in [9.17, 15) is 0 Å². The number of rotatable bonds is 3. The van der Waals surface area contributed by atoms with Gasteiger partial charge in [0.25, 0.3) is 0 Å². The smallest absolute Gasteiger partial charge is 0.225 e. The summed E-state index contributed by atoms with van der Waals surface area (Å²) in [5.41, 5.74) is 1.97. The Balaban J connectivity index is 2.10. The Hall–Kier alpha value is -1.85. The second kappa shape index (κ2) is 5.50. The highest BCUT2D eigenvalue weighted by Crippen LogP contribution is 2.33. The number of nitrogens with zero attached hydrogens (tertiary/aromatic N) is 2. The van der Waals surface area contributed by atoms with E-state index in [2.05, 4.69) is 33.6 Å². The highest BCUT2D eigenvalue weighted by Gasteiger charge is 2.11. The van der Waals surface area contributed by atoms with Crippen LogP contribution in [0.2, 0.25) is 5.02 Å².